The van der Waals surface area contributed by atoms with Crippen molar-refractivity contribution >= 4 is 17.5 Å². The number of Topliss-reactive ketones (excluding diaryl/α,β-unsaturated/α-hetero) is 1. The van der Waals surface area contributed by atoms with Crippen LogP contribution in [-0.2, 0) is 4.79 Å². The van der Waals surface area contributed by atoms with Gasteiger partial charge in [0.2, 0.25) is 0 Å². The summed E-state index contributed by atoms with van der Waals surface area (Å²) in [7, 11) is 0. The molecule has 0 radical (unpaired) electrons. The van der Waals surface area contributed by atoms with Gasteiger partial charge in [0.15, 0.2) is 0 Å². The molecule has 0 aliphatic carbocycles. The van der Waals surface area contributed by atoms with E-state index in [0.29, 0.717) is 10.5 Å². The zero-order chi connectivity index (χ0) is 14.6. The molecule has 0 spiro atoms. The van der Waals surface area contributed by atoms with Gasteiger partial charge in [0.05, 0.1) is 0 Å². The highest BCUT2D eigenvalue weighted by atomic mass is 32.2. The van der Waals surface area contributed by atoms with E-state index in [-0.39, 0.29) is 0 Å². The molecule has 19 heavy (non-hydrogen) atoms. The highest BCUT2D eigenvalue weighted by Gasteiger charge is 2.09. The Hall–Kier alpha value is 0.0200. The highest BCUT2D eigenvalue weighted by Crippen LogP contribution is 2.24. The number of thioether (sulfide) groups is 1. The van der Waals surface area contributed by atoms with Crippen LogP contribution < -0.4 is 0 Å². The summed E-state index contributed by atoms with van der Waals surface area (Å²) in [6.45, 7) is 9.02. The molecule has 1 nitrogen and oxygen atoms in total. The summed E-state index contributed by atoms with van der Waals surface area (Å²) in [6, 6.07) is 0. The topological polar surface area (TPSA) is 17.1 Å². The van der Waals surface area contributed by atoms with Crippen molar-refractivity contribution in [2.75, 3.05) is 5.75 Å². The molecule has 0 aliphatic heterocycles. The quantitative estimate of drug-likeness (QED) is 0.409. The summed E-state index contributed by atoms with van der Waals surface area (Å²) in [4.78, 5) is 11.7. The SMILES string of the molecule is CCCCCCCC(=O)CCCCCSC(C)(C)C. The van der Waals surface area contributed by atoms with E-state index < -0.39 is 0 Å². The van der Waals surface area contributed by atoms with Gasteiger partial charge in [-0.25, -0.2) is 0 Å². The molecule has 0 saturated heterocycles. The smallest absolute Gasteiger partial charge is 0.132 e. The summed E-state index contributed by atoms with van der Waals surface area (Å²) in [5.74, 6) is 1.72. The number of carbonyl (C=O) groups is 1. The third-order valence-corrected chi connectivity index (χ3v) is 4.55. The van der Waals surface area contributed by atoms with Gasteiger partial charge in [-0.2, -0.15) is 11.8 Å². The minimum atomic E-state index is 0.383. The lowest BCUT2D eigenvalue weighted by Gasteiger charge is -2.17. The molecule has 0 bridgehead atoms. The maximum atomic E-state index is 11.7. The lowest BCUT2D eigenvalue weighted by molar-refractivity contribution is -0.119. The molecule has 0 saturated carbocycles. The maximum Gasteiger partial charge on any atom is 0.132 e. The Morgan fingerprint density at radius 3 is 1.89 bits per heavy atom. The van der Waals surface area contributed by atoms with Crippen molar-refractivity contribution < 1.29 is 4.79 Å². The van der Waals surface area contributed by atoms with Crippen LogP contribution in [0.4, 0.5) is 0 Å². The van der Waals surface area contributed by atoms with E-state index in [4.69, 9.17) is 0 Å². The molecular weight excluding hydrogens is 252 g/mol. The van der Waals surface area contributed by atoms with Crippen LogP contribution in [0.25, 0.3) is 0 Å². The van der Waals surface area contributed by atoms with Crippen molar-refractivity contribution in [3.05, 3.63) is 0 Å². The van der Waals surface area contributed by atoms with Crippen molar-refractivity contribution in [1.29, 1.82) is 0 Å². The van der Waals surface area contributed by atoms with Crippen LogP contribution in [0.5, 0.6) is 0 Å². The number of ketones is 1. The lowest BCUT2D eigenvalue weighted by Crippen LogP contribution is -2.08. The average molecular weight is 287 g/mol. The summed E-state index contributed by atoms with van der Waals surface area (Å²) < 4.78 is 0.383. The van der Waals surface area contributed by atoms with Crippen LogP contribution in [0.2, 0.25) is 0 Å². The number of rotatable bonds is 12. The van der Waals surface area contributed by atoms with Crippen molar-refractivity contribution in [2.24, 2.45) is 0 Å². The van der Waals surface area contributed by atoms with E-state index in [1.807, 2.05) is 11.8 Å². The third-order valence-electron chi connectivity index (χ3n) is 3.19. The fraction of sp³-hybridized carbons (Fsp3) is 0.941. The molecule has 2 heteroatoms. The first kappa shape index (κ1) is 19.0. The number of hydrogen-bond acceptors (Lipinski definition) is 2. The van der Waals surface area contributed by atoms with Gasteiger partial charge in [0.1, 0.15) is 5.78 Å². The van der Waals surface area contributed by atoms with Crippen LogP contribution in [0.3, 0.4) is 0 Å². The lowest BCUT2D eigenvalue weighted by atomic mass is 10.0. The van der Waals surface area contributed by atoms with E-state index >= 15 is 0 Å². The van der Waals surface area contributed by atoms with E-state index in [1.165, 1.54) is 44.3 Å². The van der Waals surface area contributed by atoms with Gasteiger partial charge in [-0.15, -0.1) is 0 Å². The highest BCUT2D eigenvalue weighted by molar-refractivity contribution is 8.00. The summed E-state index contributed by atoms with van der Waals surface area (Å²) in [5, 5.41) is 0. The first-order valence-corrected chi connectivity index (χ1v) is 9.10. The van der Waals surface area contributed by atoms with E-state index in [9.17, 15) is 4.79 Å². The molecule has 0 amide bonds. The maximum absolute atomic E-state index is 11.7. The van der Waals surface area contributed by atoms with Gasteiger partial charge >= 0.3 is 0 Å². The Bertz CT molecular complexity index is 218. The van der Waals surface area contributed by atoms with Gasteiger partial charge < -0.3 is 0 Å². The summed E-state index contributed by atoms with van der Waals surface area (Å²) >= 11 is 2.03. The first-order valence-electron chi connectivity index (χ1n) is 8.11. The van der Waals surface area contributed by atoms with Gasteiger partial charge in [-0.1, -0.05) is 59.8 Å². The Kier molecular flexibility index (Phi) is 11.8. The third kappa shape index (κ3) is 16.0. The molecule has 0 aliphatic rings. The standard InChI is InChI=1S/C17H34OS/c1-5-6-7-8-10-13-16(18)14-11-9-12-15-19-17(2,3)4/h5-15H2,1-4H3. The zero-order valence-corrected chi connectivity index (χ0v) is 14.4. The second-order valence-corrected chi connectivity index (χ2v) is 8.40. The molecule has 114 valence electrons. The normalized spacial score (nSPS) is 11.8. The molecule has 0 atom stereocenters. The molecule has 0 N–H and O–H groups in total. The fourth-order valence-corrected chi connectivity index (χ4v) is 2.99. The fourth-order valence-electron chi connectivity index (χ4n) is 2.03. The molecule has 0 aromatic rings. The molecule has 0 rings (SSSR count). The number of unbranched alkanes of at least 4 members (excludes halogenated alkanes) is 6. The predicted molar refractivity (Wildman–Crippen MR) is 89.1 cm³/mol. The van der Waals surface area contributed by atoms with Crippen LogP contribution in [-0.4, -0.2) is 16.3 Å². The van der Waals surface area contributed by atoms with E-state index in [1.54, 1.807) is 0 Å². The molecule has 0 aromatic heterocycles. The molecule has 0 heterocycles. The Labute approximate surface area is 125 Å². The van der Waals surface area contributed by atoms with Crippen molar-refractivity contribution in [3.8, 4) is 0 Å². The van der Waals surface area contributed by atoms with Gasteiger partial charge in [-0.05, 0) is 25.0 Å². The van der Waals surface area contributed by atoms with Crippen LogP contribution in [0, 0.1) is 0 Å². The summed E-state index contributed by atoms with van der Waals surface area (Å²) in [5.41, 5.74) is 0. The minimum Gasteiger partial charge on any atom is -0.300 e. The molecule has 0 unspecified atom stereocenters. The Morgan fingerprint density at radius 1 is 0.842 bits per heavy atom. The monoisotopic (exact) mass is 286 g/mol. The Morgan fingerprint density at radius 2 is 1.37 bits per heavy atom. The molecule has 0 fully saturated rings. The van der Waals surface area contributed by atoms with E-state index in [2.05, 4.69) is 27.7 Å². The van der Waals surface area contributed by atoms with Crippen molar-refractivity contribution in [2.45, 2.75) is 96.7 Å². The molecular formula is C17H34OS. The predicted octanol–water partition coefficient (Wildman–Crippen LogP) is 6.01. The van der Waals surface area contributed by atoms with Crippen LogP contribution in [0.1, 0.15) is 91.9 Å². The van der Waals surface area contributed by atoms with Gasteiger partial charge in [0, 0.05) is 17.6 Å². The van der Waals surface area contributed by atoms with Crippen molar-refractivity contribution in [1.82, 2.24) is 0 Å². The Balaban J connectivity index is 3.25. The van der Waals surface area contributed by atoms with Crippen LogP contribution in [0.15, 0.2) is 0 Å². The van der Waals surface area contributed by atoms with Crippen LogP contribution >= 0.6 is 11.8 Å². The van der Waals surface area contributed by atoms with Gasteiger partial charge in [0.25, 0.3) is 0 Å². The molecule has 0 aromatic carbocycles. The number of carbonyl (C=O) groups excluding carboxylic acids is 1. The largest absolute Gasteiger partial charge is 0.300 e. The van der Waals surface area contributed by atoms with E-state index in [0.717, 1.165) is 25.7 Å². The average Bonchev–Trinajstić information content (AvgIpc) is 2.32. The second-order valence-electron chi connectivity index (χ2n) is 6.47. The van der Waals surface area contributed by atoms with Gasteiger partial charge in [-0.3, -0.25) is 4.79 Å². The zero-order valence-electron chi connectivity index (χ0n) is 13.6. The van der Waals surface area contributed by atoms with Crippen molar-refractivity contribution in [3.63, 3.8) is 0 Å². The second kappa shape index (κ2) is 11.8. The summed E-state index contributed by atoms with van der Waals surface area (Å²) in [6.07, 6.45) is 11.4. The minimum absolute atomic E-state index is 0.383. The first-order chi connectivity index (χ1) is 8.95. The number of hydrogen-bond donors (Lipinski definition) is 0.